The van der Waals surface area contributed by atoms with Gasteiger partial charge in [-0.3, -0.25) is 4.79 Å². The van der Waals surface area contributed by atoms with Crippen molar-refractivity contribution in [1.82, 2.24) is 0 Å². The number of halogens is 3. The molecule has 0 aliphatic rings. The average Bonchev–Trinajstić information content (AvgIpc) is 2.98. The third-order valence-corrected chi connectivity index (χ3v) is 9.42. The molecule has 7 heteroatoms. The molecular formula is C33H24F3O2S2+. The number of ketones is 1. The molecule has 0 saturated heterocycles. The maximum Gasteiger partial charge on any atom is 0.421 e. The molecule has 5 aromatic carbocycles. The van der Waals surface area contributed by atoms with Gasteiger partial charge in [0.15, 0.2) is 20.5 Å². The van der Waals surface area contributed by atoms with Crippen molar-refractivity contribution >= 4 is 28.4 Å². The SMILES string of the molecule is COc1ccc([S+](c2ccc(Sc3cccc(C(=O)c4ccccc4)c3)cc2)c2ccccc2C(F)(F)F)cc1. The standard InChI is InChI=1S/C33H24F3O2S2/c1-38-25-14-18-28(19-15-25)40(31-13-6-5-12-30(31)33(34,35)36)29-20-16-26(17-21-29)39-27-11-7-10-24(22-27)32(37)23-8-3-2-4-9-23/h2-22H,1H3/q+1. The highest BCUT2D eigenvalue weighted by Crippen LogP contribution is 2.41. The molecule has 1 atom stereocenters. The number of rotatable bonds is 8. The first-order valence-electron chi connectivity index (χ1n) is 12.4. The van der Waals surface area contributed by atoms with Crippen molar-refractivity contribution in [3.63, 3.8) is 0 Å². The van der Waals surface area contributed by atoms with Crippen molar-refractivity contribution in [2.75, 3.05) is 7.11 Å². The summed E-state index contributed by atoms with van der Waals surface area (Å²) in [4.78, 5) is 16.4. The van der Waals surface area contributed by atoms with Crippen LogP contribution in [0.3, 0.4) is 0 Å². The van der Waals surface area contributed by atoms with Crippen LogP contribution in [-0.2, 0) is 17.1 Å². The first-order chi connectivity index (χ1) is 19.3. The molecule has 0 heterocycles. The first kappa shape index (κ1) is 27.6. The Balaban J connectivity index is 1.46. The van der Waals surface area contributed by atoms with Crippen LogP contribution in [0.1, 0.15) is 21.5 Å². The van der Waals surface area contributed by atoms with E-state index < -0.39 is 22.6 Å². The van der Waals surface area contributed by atoms with E-state index in [1.165, 1.54) is 17.8 Å². The van der Waals surface area contributed by atoms with Crippen molar-refractivity contribution in [3.05, 3.63) is 144 Å². The number of hydrogen-bond donors (Lipinski definition) is 0. The molecule has 200 valence electrons. The maximum atomic E-state index is 14.0. The normalized spacial score (nSPS) is 12.1. The zero-order valence-corrected chi connectivity index (χ0v) is 23.0. The van der Waals surface area contributed by atoms with E-state index >= 15 is 0 Å². The fourth-order valence-corrected chi connectivity index (χ4v) is 7.31. The minimum absolute atomic E-state index is 0.0507. The molecule has 0 spiro atoms. The van der Waals surface area contributed by atoms with Gasteiger partial charge in [-0.15, -0.1) is 0 Å². The molecule has 0 N–H and O–H groups in total. The van der Waals surface area contributed by atoms with Crippen molar-refractivity contribution in [3.8, 4) is 5.75 Å². The molecule has 0 fully saturated rings. The van der Waals surface area contributed by atoms with Crippen LogP contribution in [0.25, 0.3) is 0 Å². The van der Waals surface area contributed by atoms with Crippen molar-refractivity contribution in [1.29, 1.82) is 0 Å². The molecule has 40 heavy (non-hydrogen) atoms. The van der Waals surface area contributed by atoms with Gasteiger partial charge in [0.25, 0.3) is 0 Å². The number of alkyl halides is 3. The second-order valence-corrected chi connectivity index (χ2v) is 11.9. The first-order valence-corrected chi connectivity index (χ1v) is 14.4. The lowest BCUT2D eigenvalue weighted by atomic mass is 10.0. The predicted octanol–water partition coefficient (Wildman–Crippen LogP) is 9.19. The van der Waals surface area contributed by atoms with Crippen molar-refractivity contribution in [2.45, 2.75) is 30.7 Å². The Morgan fingerprint density at radius 3 is 1.93 bits per heavy atom. The van der Waals surface area contributed by atoms with Gasteiger partial charge in [0, 0.05) is 20.9 Å². The summed E-state index contributed by atoms with van der Waals surface area (Å²) >= 11 is 1.49. The van der Waals surface area contributed by atoms with Gasteiger partial charge in [-0.2, -0.15) is 13.2 Å². The Hall–Kier alpha value is -3.94. The van der Waals surface area contributed by atoms with E-state index in [0.29, 0.717) is 16.9 Å². The van der Waals surface area contributed by atoms with E-state index in [4.69, 9.17) is 4.74 Å². The summed E-state index contributed by atoms with van der Waals surface area (Å²) in [7, 11) is 0.555. The van der Waals surface area contributed by atoms with Gasteiger partial charge < -0.3 is 4.74 Å². The smallest absolute Gasteiger partial charge is 0.421 e. The monoisotopic (exact) mass is 573 g/mol. The van der Waals surface area contributed by atoms with Gasteiger partial charge in [-0.05, 0) is 72.8 Å². The minimum Gasteiger partial charge on any atom is -0.497 e. The van der Waals surface area contributed by atoms with Gasteiger partial charge in [-0.1, -0.05) is 66.4 Å². The minimum atomic E-state index is -4.48. The molecule has 0 bridgehead atoms. The number of hydrogen-bond acceptors (Lipinski definition) is 3. The van der Waals surface area contributed by atoms with E-state index in [1.54, 1.807) is 49.6 Å². The lowest BCUT2D eigenvalue weighted by Gasteiger charge is -2.14. The Labute approximate surface area is 238 Å². The summed E-state index contributed by atoms with van der Waals surface area (Å²) in [6.45, 7) is 0. The largest absolute Gasteiger partial charge is 0.497 e. The van der Waals surface area contributed by atoms with Gasteiger partial charge >= 0.3 is 6.18 Å². The number of ether oxygens (including phenoxy) is 1. The second kappa shape index (κ2) is 12.1. The highest BCUT2D eigenvalue weighted by atomic mass is 32.2. The number of carbonyl (C=O) groups is 1. The fraction of sp³-hybridized carbons (Fsp3) is 0.0606. The van der Waals surface area contributed by atoms with Crippen LogP contribution in [0.5, 0.6) is 5.75 Å². The summed E-state index contributed by atoms with van der Waals surface area (Å²) in [5, 5.41) is 0. The van der Waals surface area contributed by atoms with Gasteiger partial charge in [0.05, 0.1) is 18.0 Å². The molecule has 2 nitrogen and oxygen atoms in total. The zero-order valence-electron chi connectivity index (χ0n) is 21.4. The predicted molar refractivity (Wildman–Crippen MR) is 153 cm³/mol. The second-order valence-electron chi connectivity index (χ2n) is 8.77. The molecular weight excluding hydrogens is 549 g/mol. The van der Waals surface area contributed by atoms with Crippen LogP contribution in [0.4, 0.5) is 13.2 Å². The van der Waals surface area contributed by atoms with E-state index in [2.05, 4.69) is 0 Å². The average molecular weight is 574 g/mol. The third kappa shape index (κ3) is 6.27. The summed E-state index contributed by atoms with van der Waals surface area (Å²) in [6, 6.07) is 37.0. The molecule has 0 aliphatic heterocycles. The van der Waals surface area contributed by atoms with Crippen LogP contribution >= 0.6 is 11.8 Å². The molecule has 0 aliphatic carbocycles. The molecule has 0 saturated carbocycles. The lowest BCUT2D eigenvalue weighted by molar-refractivity contribution is -0.139. The molecule has 1 unspecified atom stereocenters. The molecule has 5 rings (SSSR count). The van der Waals surface area contributed by atoms with Crippen molar-refractivity contribution in [2.24, 2.45) is 0 Å². The van der Waals surface area contributed by atoms with Crippen molar-refractivity contribution < 1.29 is 22.7 Å². The Morgan fingerprint density at radius 2 is 1.27 bits per heavy atom. The Bertz CT molecular complexity index is 1600. The molecule has 0 amide bonds. The lowest BCUT2D eigenvalue weighted by Crippen LogP contribution is -2.14. The maximum absolute atomic E-state index is 14.0. The molecule has 0 radical (unpaired) electrons. The Kier molecular flexibility index (Phi) is 8.33. The van der Waals surface area contributed by atoms with Crippen LogP contribution in [-0.4, -0.2) is 12.9 Å². The number of benzene rings is 5. The summed E-state index contributed by atoms with van der Waals surface area (Å²) < 4.78 is 47.3. The highest BCUT2D eigenvalue weighted by Gasteiger charge is 2.41. The van der Waals surface area contributed by atoms with Gasteiger partial charge in [0.1, 0.15) is 11.3 Å². The number of methoxy groups -OCH3 is 1. The van der Waals surface area contributed by atoms with E-state index in [9.17, 15) is 18.0 Å². The van der Waals surface area contributed by atoms with E-state index in [0.717, 1.165) is 25.6 Å². The van der Waals surface area contributed by atoms with E-state index in [1.807, 2.05) is 72.8 Å². The van der Waals surface area contributed by atoms with Crippen LogP contribution < -0.4 is 4.74 Å². The number of carbonyl (C=O) groups excluding carboxylic acids is 1. The summed E-state index contributed by atoms with van der Waals surface area (Å²) in [5.41, 5.74) is 0.573. The van der Waals surface area contributed by atoms with Gasteiger partial charge in [0.2, 0.25) is 0 Å². The molecule has 0 aromatic heterocycles. The van der Waals surface area contributed by atoms with Crippen LogP contribution in [0.2, 0.25) is 0 Å². The highest BCUT2D eigenvalue weighted by molar-refractivity contribution is 7.99. The van der Waals surface area contributed by atoms with Gasteiger partial charge in [-0.25, -0.2) is 0 Å². The zero-order chi connectivity index (χ0) is 28.1. The fourth-order valence-electron chi connectivity index (χ4n) is 4.22. The van der Waals surface area contributed by atoms with Crippen LogP contribution in [0.15, 0.2) is 152 Å². The molecule has 5 aromatic rings. The summed E-state index contributed by atoms with van der Waals surface area (Å²) in [5.74, 6) is 0.585. The summed E-state index contributed by atoms with van der Waals surface area (Å²) in [6.07, 6.45) is -4.48. The quantitative estimate of drug-likeness (QED) is 0.137. The topological polar surface area (TPSA) is 26.3 Å². The Morgan fingerprint density at radius 1 is 0.675 bits per heavy atom. The van der Waals surface area contributed by atoms with E-state index in [-0.39, 0.29) is 10.7 Å². The van der Waals surface area contributed by atoms with Crippen LogP contribution in [0, 0.1) is 0 Å². The third-order valence-electron chi connectivity index (χ3n) is 6.13.